The number of hydrogen-bond acceptors (Lipinski definition) is 8. The Morgan fingerprint density at radius 3 is 2.69 bits per heavy atom. The quantitative estimate of drug-likeness (QED) is 0.569. The second kappa shape index (κ2) is 7.28. The van der Waals surface area contributed by atoms with Crippen molar-refractivity contribution in [3.63, 3.8) is 0 Å². The van der Waals surface area contributed by atoms with Crippen molar-refractivity contribution >= 4 is 35.0 Å². The number of hydrogen-bond donors (Lipinski definition) is 0. The summed E-state index contributed by atoms with van der Waals surface area (Å²) in [6, 6.07) is 2.37. The molecule has 0 N–H and O–H groups in total. The number of esters is 1. The van der Waals surface area contributed by atoms with Crippen LogP contribution in [0.2, 0.25) is 0 Å². The average molecular weight is 379 g/mol. The predicted molar refractivity (Wildman–Crippen MR) is 93.0 cm³/mol. The number of amides is 2. The Morgan fingerprint density at radius 2 is 2.04 bits per heavy atom. The lowest BCUT2D eigenvalue weighted by Crippen LogP contribution is -2.42. The van der Waals surface area contributed by atoms with Crippen LogP contribution in [0, 0.1) is 0 Å². The van der Waals surface area contributed by atoms with Gasteiger partial charge in [-0.3, -0.25) is 14.5 Å². The molecule has 1 aromatic rings. The van der Waals surface area contributed by atoms with Gasteiger partial charge in [-0.25, -0.2) is 4.79 Å². The van der Waals surface area contributed by atoms with Gasteiger partial charge in [0.05, 0.1) is 18.6 Å². The molecule has 2 aliphatic rings. The highest BCUT2D eigenvalue weighted by atomic mass is 32.2. The Labute approximate surface area is 154 Å². The normalized spacial score (nSPS) is 18.4. The van der Waals surface area contributed by atoms with Crippen LogP contribution in [-0.2, 0) is 14.3 Å². The zero-order valence-electron chi connectivity index (χ0n) is 14.4. The van der Waals surface area contributed by atoms with Crippen molar-refractivity contribution in [3.05, 3.63) is 22.6 Å². The Balaban J connectivity index is 1.94. The highest BCUT2D eigenvalue weighted by Gasteiger charge is 2.41. The van der Waals surface area contributed by atoms with Gasteiger partial charge < -0.3 is 18.9 Å². The van der Waals surface area contributed by atoms with Crippen LogP contribution in [0.15, 0.2) is 17.0 Å². The van der Waals surface area contributed by atoms with Crippen molar-refractivity contribution in [3.8, 4) is 17.2 Å². The summed E-state index contributed by atoms with van der Waals surface area (Å²) in [6.45, 7) is 3.80. The molecule has 1 atom stereocenters. The lowest BCUT2D eigenvalue weighted by molar-refractivity contribution is -0.148. The zero-order chi connectivity index (χ0) is 18.8. The van der Waals surface area contributed by atoms with Crippen molar-refractivity contribution in [2.45, 2.75) is 19.9 Å². The fraction of sp³-hybridized carbons (Fsp3) is 0.353. The van der Waals surface area contributed by atoms with E-state index < -0.39 is 23.2 Å². The van der Waals surface area contributed by atoms with Crippen LogP contribution >= 0.6 is 11.8 Å². The number of carbonyl (C=O) groups is 3. The van der Waals surface area contributed by atoms with Crippen LogP contribution in [0.1, 0.15) is 19.4 Å². The Hall–Kier alpha value is -2.68. The van der Waals surface area contributed by atoms with E-state index in [0.29, 0.717) is 29.4 Å². The fourth-order valence-corrected chi connectivity index (χ4v) is 3.46. The third-order valence-corrected chi connectivity index (χ3v) is 4.73. The van der Waals surface area contributed by atoms with Crippen LogP contribution in [0.3, 0.4) is 0 Å². The van der Waals surface area contributed by atoms with Crippen molar-refractivity contribution in [1.82, 2.24) is 4.90 Å². The molecule has 1 saturated heterocycles. The molecule has 8 nitrogen and oxygen atoms in total. The minimum atomic E-state index is -0.999. The van der Waals surface area contributed by atoms with Crippen LogP contribution in [-0.4, -0.2) is 48.6 Å². The maximum atomic E-state index is 12.6. The summed E-state index contributed by atoms with van der Waals surface area (Å²) < 4.78 is 20.9. The van der Waals surface area contributed by atoms with Gasteiger partial charge in [0.2, 0.25) is 6.79 Å². The smallest absolute Gasteiger partial charge is 0.328 e. The number of fused-ring (bicyclic) bond motifs is 1. The van der Waals surface area contributed by atoms with Gasteiger partial charge in [0.15, 0.2) is 11.5 Å². The Bertz CT molecular complexity index is 805. The third-order valence-electron chi connectivity index (χ3n) is 3.84. The summed E-state index contributed by atoms with van der Waals surface area (Å²) in [6.07, 6.45) is 1.54. The van der Waals surface area contributed by atoms with Crippen LogP contribution in [0.25, 0.3) is 6.08 Å². The fourth-order valence-electron chi connectivity index (χ4n) is 2.56. The van der Waals surface area contributed by atoms with Crippen molar-refractivity contribution in [2.75, 3.05) is 20.5 Å². The number of benzene rings is 1. The molecule has 3 rings (SSSR count). The molecule has 1 fully saturated rings. The minimum Gasteiger partial charge on any atom is -0.493 e. The van der Waals surface area contributed by atoms with Gasteiger partial charge in [-0.15, -0.1) is 0 Å². The van der Waals surface area contributed by atoms with Gasteiger partial charge in [-0.2, -0.15) is 0 Å². The number of imide groups is 1. The number of carbonyl (C=O) groups excluding carboxylic acids is 3. The van der Waals surface area contributed by atoms with Gasteiger partial charge >= 0.3 is 5.97 Å². The molecule has 9 heteroatoms. The Morgan fingerprint density at radius 1 is 1.35 bits per heavy atom. The molecule has 0 aliphatic carbocycles. The average Bonchev–Trinajstić information content (AvgIpc) is 3.18. The third kappa shape index (κ3) is 3.22. The van der Waals surface area contributed by atoms with Gasteiger partial charge in [0, 0.05) is 11.6 Å². The van der Waals surface area contributed by atoms with Gasteiger partial charge in [-0.05, 0) is 37.8 Å². The molecule has 26 heavy (non-hydrogen) atoms. The first-order valence-electron chi connectivity index (χ1n) is 7.87. The SMILES string of the molecule is CCOc1cc2c(cc1/C=C1/SC(=O)N(C(C)C(=O)OC)C1=O)OCO2. The molecule has 138 valence electrons. The molecule has 2 aliphatic heterocycles. The van der Waals surface area contributed by atoms with E-state index in [-0.39, 0.29) is 11.7 Å². The molecule has 0 spiro atoms. The highest BCUT2D eigenvalue weighted by Crippen LogP contribution is 2.41. The first kappa shape index (κ1) is 18.1. The second-order valence-electron chi connectivity index (χ2n) is 5.43. The summed E-state index contributed by atoms with van der Waals surface area (Å²) in [5, 5.41) is -0.530. The van der Waals surface area contributed by atoms with E-state index in [0.717, 1.165) is 16.7 Å². The highest BCUT2D eigenvalue weighted by molar-refractivity contribution is 8.18. The minimum absolute atomic E-state index is 0.109. The monoisotopic (exact) mass is 379 g/mol. The Kier molecular flexibility index (Phi) is 5.08. The first-order valence-corrected chi connectivity index (χ1v) is 8.69. The first-order chi connectivity index (χ1) is 12.5. The number of methoxy groups -OCH3 is 1. The molecule has 1 aromatic carbocycles. The number of rotatable bonds is 5. The lowest BCUT2D eigenvalue weighted by atomic mass is 10.1. The van der Waals surface area contributed by atoms with Crippen molar-refractivity contribution < 1.29 is 33.3 Å². The van der Waals surface area contributed by atoms with Crippen LogP contribution in [0.5, 0.6) is 17.2 Å². The molecule has 0 bridgehead atoms. The molecular weight excluding hydrogens is 362 g/mol. The number of ether oxygens (including phenoxy) is 4. The van der Waals surface area contributed by atoms with E-state index in [1.165, 1.54) is 14.0 Å². The maximum Gasteiger partial charge on any atom is 0.328 e. The van der Waals surface area contributed by atoms with Gasteiger partial charge in [0.1, 0.15) is 11.8 Å². The van der Waals surface area contributed by atoms with E-state index >= 15 is 0 Å². The van der Waals surface area contributed by atoms with Crippen LogP contribution in [0.4, 0.5) is 4.79 Å². The van der Waals surface area contributed by atoms with Gasteiger partial charge in [-0.1, -0.05) is 0 Å². The summed E-state index contributed by atoms with van der Waals surface area (Å²) in [5.41, 5.74) is 0.576. The molecule has 0 aromatic heterocycles. The van der Waals surface area contributed by atoms with Crippen molar-refractivity contribution in [1.29, 1.82) is 0 Å². The van der Waals surface area contributed by atoms with Crippen LogP contribution < -0.4 is 14.2 Å². The molecule has 0 radical (unpaired) electrons. The predicted octanol–water partition coefficient (Wildman–Crippen LogP) is 2.41. The van der Waals surface area contributed by atoms with E-state index in [1.54, 1.807) is 18.2 Å². The van der Waals surface area contributed by atoms with E-state index in [2.05, 4.69) is 4.74 Å². The number of thioether (sulfide) groups is 1. The summed E-state index contributed by atoms with van der Waals surface area (Å²) >= 11 is 0.756. The molecular formula is C17H17NO7S. The lowest BCUT2D eigenvalue weighted by Gasteiger charge is -2.18. The summed E-state index contributed by atoms with van der Waals surface area (Å²) in [4.78, 5) is 37.5. The second-order valence-corrected chi connectivity index (χ2v) is 6.42. The molecule has 0 saturated carbocycles. The molecule has 1 unspecified atom stereocenters. The molecule has 2 heterocycles. The number of nitrogens with zero attached hydrogens (tertiary/aromatic N) is 1. The summed E-state index contributed by atoms with van der Waals surface area (Å²) in [5.74, 6) is 0.370. The standard InChI is InChI=1S/C17H17NO7S/c1-4-23-11-7-13-12(24-8-25-13)5-10(11)6-14-15(19)18(17(21)26-14)9(2)16(20)22-3/h5-7,9H,4,8H2,1-3H3/b14-6+. The summed E-state index contributed by atoms with van der Waals surface area (Å²) in [7, 11) is 1.20. The zero-order valence-corrected chi connectivity index (χ0v) is 15.3. The van der Waals surface area contributed by atoms with E-state index in [9.17, 15) is 14.4 Å². The molecule has 2 amide bonds. The largest absolute Gasteiger partial charge is 0.493 e. The van der Waals surface area contributed by atoms with Gasteiger partial charge in [0.25, 0.3) is 11.1 Å². The maximum absolute atomic E-state index is 12.6. The van der Waals surface area contributed by atoms with Crippen molar-refractivity contribution in [2.24, 2.45) is 0 Å². The topological polar surface area (TPSA) is 91.4 Å². The van der Waals surface area contributed by atoms with E-state index in [4.69, 9.17) is 14.2 Å². The van der Waals surface area contributed by atoms with E-state index in [1.807, 2.05) is 6.92 Å².